The number of carbonyl (C=O) groups excluding carboxylic acids is 1. The van der Waals surface area contributed by atoms with E-state index in [1.54, 1.807) is 12.1 Å². The van der Waals surface area contributed by atoms with Crippen LogP contribution in [0.15, 0.2) is 47.8 Å². The van der Waals surface area contributed by atoms with Gasteiger partial charge in [-0.15, -0.1) is 6.58 Å². The largest absolute Gasteiger partial charge is 0.335 e. The molecule has 2 aromatic rings. The van der Waals surface area contributed by atoms with E-state index in [2.05, 4.69) is 11.5 Å². The Morgan fingerprint density at radius 3 is 2.61 bits per heavy atom. The van der Waals surface area contributed by atoms with Crippen molar-refractivity contribution in [2.24, 2.45) is 0 Å². The predicted octanol–water partition coefficient (Wildman–Crippen LogP) is 1.58. The lowest BCUT2D eigenvalue weighted by Crippen LogP contribution is -2.48. The van der Waals surface area contributed by atoms with Crippen LogP contribution < -0.4 is 5.56 Å². The predicted molar refractivity (Wildman–Crippen MR) is 91.8 cm³/mol. The van der Waals surface area contributed by atoms with Crippen LogP contribution in [0.4, 0.5) is 0 Å². The van der Waals surface area contributed by atoms with Crippen molar-refractivity contribution in [3.05, 3.63) is 59.0 Å². The molecule has 0 spiro atoms. The van der Waals surface area contributed by atoms with Crippen LogP contribution in [-0.2, 0) is 6.54 Å². The van der Waals surface area contributed by atoms with Crippen LogP contribution >= 0.6 is 0 Å². The molecule has 1 aromatic carbocycles. The minimum atomic E-state index is -0.138. The molecular formula is C18H21N3O2. The number of hydrogen-bond acceptors (Lipinski definition) is 3. The maximum Gasteiger partial charge on any atom is 0.270 e. The van der Waals surface area contributed by atoms with E-state index in [-0.39, 0.29) is 11.5 Å². The van der Waals surface area contributed by atoms with E-state index in [4.69, 9.17) is 0 Å². The van der Waals surface area contributed by atoms with Gasteiger partial charge < -0.3 is 9.80 Å². The molecule has 1 aliphatic heterocycles. The zero-order chi connectivity index (χ0) is 16.4. The number of rotatable bonds is 3. The Labute approximate surface area is 135 Å². The van der Waals surface area contributed by atoms with Crippen molar-refractivity contribution in [3.8, 4) is 0 Å². The highest BCUT2D eigenvalue weighted by Crippen LogP contribution is 2.15. The number of nitrogens with zero attached hydrogens (tertiary/aromatic N) is 3. The topological polar surface area (TPSA) is 45.6 Å². The molecule has 1 fully saturated rings. The monoisotopic (exact) mass is 311 g/mol. The molecule has 2 heterocycles. The number of hydrogen-bond donors (Lipinski definition) is 0. The summed E-state index contributed by atoms with van der Waals surface area (Å²) in [4.78, 5) is 29.6. The third-order valence-electron chi connectivity index (χ3n) is 4.34. The van der Waals surface area contributed by atoms with Gasteiger partial charge in [-0.05, 0) is 24.6 Å². The lowest BCUT2D eigenvalue weighted by atomic mass is 10.1. The minimum Gasteiger partial charge on any atom is -0.335 e. The summed E-state index contributed by atoms with van der Waals surface area (Å²) in [6.07, 6.45) is 1.65. The lowest BCUT2D eigenvalue weighted by Gasteiger charge is -2.32. The highest BCUT2D eigenvalue weighted by atomic mass is 16.2. The molecule has 5 heteroatoms. The average Bonchev–Trinajstić information content (AvgIpc) is 2.57. The van der Waals surface area contributed by atoms with Gasteiger partial charge in [0, 0.05) is 38.1 Å². The van der Waals surface area contributed by atoms with Gasteiger partial charge in [0.1, 0.15) is 5.69 Å². The van der Waals surface area contributed by atoms with Crippen LogP contribution in [0.1, 0.15) is 10.5 Å². The summed E-state index contributed by atoms with van der Waals surface area (Å²) in [5.41, 5.74) is 0.304. The summed E-state index contributed by atoms with van der Waals surface area (Å²) in [7, 11) is 2.05. The second kappa shape index (κ2) is 6.38. The van der Waals surface area contributed by atoms with Gasteiger partial charge in [0.15, 0.2) is 0 Å². The van der Waals surface area contributed by atoms with Crippen molar-refractivity contribution >= 4 is 16.7 Å². The first-order chi connectivity index (χ1) is 11.1. The Hall–Kier alpha value is -2.40. The van der Waals surface area contributed by atoms with E-state index in [0.29, 0.717) is 30.7 Å². The Morgan fingerprint density at radius 1 is 1.22 bits per heavy atom. The number of piperazine rings is 1. The van der Waals surface area contributed by atoms with Crippen LogP contribution in [-0.4, -0.2) is 53.5 Å². The standard InChI is InChI=1S/C18H21N3O2/c1-3-8-21-16(18(23)20-11-9-19(2)10-12-20)13-14-6-4-5-7-15(14)17(21)22/h3-7,13H,1,8-12H2,2H3. The second-order valence-electron chi connectivity index (χ2n) is 5.92. The van der Waals surface area contributed by atoms with Gasteiger partial charge in [0.05, 0.1) is 0 Å². The van der Waals surface area contributed by atoms with Gasteiger partial charge in [0.25, 0.3) is 11.5 Å². The fourth-order valence-corrected chi connectivity index (χ4v) is 2.96. The fourth-order valence-electron chi connectivity index (χ4n) is 2.96. The molecule has 0 aliphatic carbocycles. The molecule has 1 saturated heterocycles. The van der Waals surface area contributed by atoms with Crippen LogP contribution in [0.2, 0.25) is 0 Å². The highest BCUT2D eigenvalue weighted by molar-refractivity contribution is 5.96. The Morgan fingerprint density at radius 2 is 1.91 bits per heavy atom. The molecule has 1 aromatic heterocycles. The smallest absolute Gasteiger partial charge is 0.270 e. The van der Waals surface area contributed by atoms with Gasteiger partial charge in [-0.3, -0.25) is 14.2 Å². The molecule has 5 nitrogen and oxygen atoms in total. The number of fused-ring (bicyclic) bond motifs is 1. The summed E-state index contributed by atoms with van der Waals surface area (Å²) in [5, 5.41) is 1.43. The number of amides is 1. The van der Waals surface area contributed by atoms with Crippen molar-refractivity contribution in [3.63, 3.8) is 0 Å². The Balaban J connectivity index is 2.08. The van der Waals surface area contributed by atoms with Crippen molar-refractivity contribution in [1.82, 2.24) is 14.4 Å². The number of pyridine rings is 1. The van der Waals surface area contributed by atoms with Gasteiger partial charge in [-0.1, -0.05) is 24.3 Å². The van der Waals surface area contributed by atoms with Crippen molar-refractivity contribution in [2.45, 2.75) is 6.54 Å². The van der Waals surface area contributed by atoms with Gasteiger partial charge in [-0.2, -0.15) is 0 Å². The molecule has 23 heavy (non-hydrogen) atoms. The van der Waals surface area contributed by atoms with Crippen molar-refractivity contribution < 1.29 is 4.79 Å². The van der Waals surface area contributed by atoms with E-state index in [0.717, 1.165) is 18.5 Å². The molecule has 0 atom stereocenters. The number of carbonyl (C=O) groups is 1. The minimum absolute atomic E-state index is 0.0807. The van der Waals surface area contributed by atoms with Crippen LogP contribution in [0.25, 0.3) is 10.8 Å². The van der Waals surface area contributed by atoms with E-state index in [1.165, 1.54) is 4.57 Å². The normalized spacial score (nSPS) is 15.8. The van der Waals surface area contributed by atoms with Crippen LogP contribution in [0.3, 0.4) is 0 Å². The molecule has 1 amide bonds. The number of likely N-dealkylation sites (N-methyl/N-ethyl adjacent to an activating group) is 1. The molecule has 120 valence electrons. The number of benzene rings is 1. The molecule has 0 unspecified atom stereocenters. The van der Waals surface area contributed by atoms with Gasteiger partial charge >= 0.3 is 0 Å². The summed E-state index contributed by atoms with van der Waals surface area (Å²) < 4.78 is 1.52. The Bertz CT molecular complexity index is 802. The SMILES string of the molecule is C=CCn1c(C(=O)N2CCN(C)CC2)cc2ccccc2c1=O. The molecular weight excluding hydrogens is 290 g/mol. The number of allylic oxidation sites excluding steroid dienone is 1. The first kappa shape index (κ1) is 15.5. The first-order valence-electron chi connectivity index (χ1n) is 7.83. The lowest BCUT2D eigenvalue weighted by molar-refractivity contribution is 0.0652. The molecule has 0 N–H and O–H groups in total. The maximum atomic E-state index is 12.9. The Kier molecular flexibility index (Phi) is 4.30. The summed E-state index contributed by atoms with van der Waals surface area (Å²) in [6, 6.07) is 9.20. The third kappa shape index (κ3) is 2.92. The molecule has 3 rings (SSSR count). The summed E-state index contributed by atoms with van der Waals surface area (Å²) in [5.74, 6) is -0.0807. The first-order valence-corrected chi connectivity index (χ1v) is 7.83. The third-order valence-corrected chi connectivity index (χ3v) is 4.34. The van der Waals surface area contributed by atoms with Crippen molar-refractivity contribution in [1.29, 1.82) is 0 Å². The molecule has 1 aliphatic rings. The molecule has 0 bridgehead atoms. The quantitative estimate of drug-likeness (QED) is 0.809. The molecule has 0 saturated carbocycles. The van der Waals surface area contributed by atoms with E-state index in [9.17, 15) is 9.59 Å². The van der Waals surface area contributed by atoms with Crippen LogP contribution in [0, 0.1) is 0 Å². The summed E-state index contributed by atoms with van der Waals surface area (Å²) >= 11 is 0. The van der Waals surface area contributed by atoms with E-state index < -0.39 is 0 Å². The molecule has 0 radical (unpaired) electrons. The number of aromatic nitrogens is 1. The van der Waals surface area contributed by atoms with Crippen LogP contribution in [0.5, 0.6) is 0 Å². The fraction of sp³-hybridized carbons (Fsp3) is 0.333. The second-order valence-corrected chi connectivity index (χ2v) is 5.92. The highest BCUT2D eigenvalue weighted by Gasteiger charge is 2.23. The van der Waals surface area contributed by atoms with Crippen molar-refractivity contribution in [2.75, 3.05) is 33.2 Å². The maximum absolute atomic E-state index is 12.9. The summed E-state index contributed by atoms with van der Waals surface area (Å²) in [6.45, 7) is 7.11. The average molecular weight is 311 g/mol. The van der Waals surface area contributed by atoms with Gasteiger partial charge in [0.2, 0.25) is 0 Å². The van der Waals surface area contributed by atoms with E-state index in [1.807, 2.05) is 36.2 Å². The van der Waals surface area contributed by atoms with E-state index >= 15 is 0 Å². The van der Waals surface area contributed by atoms with Gasteiger partial charge in [-0.25, -0.2) is 0 Å². The zero-order valence-corrected chi connectivity index (χ0v) is 13.4. The zero-order valence-electron chi connectivity index (χ0n) is 13.4.